The molecule has 0 aliphatic rings. The van der Waals surface area contributed by atoms with Gasteiger partial charge < -0.3 is 9.42 Å². The zero-order valence-corrected chi connectivity index (χ0v) is 19.2. The fourth-order valence-electron chi connectivity index (χ4n) is 3.58. The van der Waals surface area contributed by atoms with Gasteiger partial charge in [0.25, 0.3) is 11.9 Å². The van der Waals surface area contributed by atoms with Crippen molar-refractivity contribution in [3.63, 3.8) is 0 Å². The van der Waals surface area contributed by atoms with Gasteiger partial charge in [-0.15, -0.1) is 11.3 Å². The molecule has 1 aromatic carbocycles. The summed E-state index contributed by atoms with van der Waals surface area (Å²) < 4.78 is 19.9. The lowest BCUT2D eigenvalue weighted by molar-refractivity contribution is 0.0783. The molecule has 0 spiro atoms. The lowest BCUT2D eigenvalue weighted by atomic mass is 10.1. The van der Waals surface area contributed by atoms with Crippen LogP contribution in [0.2, 0.25) is 0 Å². The molecule has 8 nitrogen and oxygen atoms in total. The maximum Gasteiger partial charge on any atom is 0.257 e. The van der Waals surface area contributed by atoms with E-state index in [1.807, 2.05) is 24.4 Å². The molecule has 10 heteroatoms. The summed E-state index contributed by atoms with van der Waals surface area (Å²) >= 11 is 1.49. The standard InChI is InChI=1S/C24H19FN6O2S/c1-15-12-26-24(28-21(15)16-5-7-17(25)8-6-16)31-22(20-4-3-11-34-20)19(13-27-31)23(32)30(2)14-18-9-10-33-29-18/h3-13H,14H2,1-2H3. The third kappa shape index (κ3) is 4.11. The van der Waals surface area contributed by atoms with Crippen LogP contribution in [0.5, 0.6) is 0 Å². The number of nitrogens with zero attached hydrogens (tertiary/aromatic N) is 6. The van der Waals surface area contributed by atoms with Crippen LogP contribution in [0, 0.1) is 12.7 Å². The van der Waals surface area contributed by atoms with E-state index in [0.717, 1.165) is 16.0 Å². The fraction of sp³-hybridized carbons (Fsp3) is 0.125. The number of hydrogen-bond donors (Lipinski definition) is 0. The summed E-state index contributed by atoms with van der Waals surface area (Å²) in [6.07, 6.45) is 4.69. The Labute approximate surface area is 198 Å². The van der Waals surface area contributed by atoms with Crippen molar-refractivity contribution in [2.45, 2.75) is 13.5 Å². The molecule has 5 rings (SSSR count). The highest BCUT2D eigenvalue weighted by Crippen LogP contribution is 2.31. The maximum absolute atomic E-state index is 13.4. The van der Waals surface area contributed by atoms with Crippen LogP contribution in [-0.2, 0) is 6.54 Å². The first-order valence-electron chi connectivity index (χ1n) is 10.4. The van der Waals surface area contributed by atoms with Crippen molar-refractivity contribution >= 4 is 17.2 Å². The lowest BCUT2D eigenvalue weighted by Crippen LogP contribution is -2.26. The maximum atomic E-state index is 13.4. The van der Waals surface area contributed by atoms with E-state index in [4.69, 9.17) is 9.51 Å². The SMILES string of the molecule is Cc1cnc(-n2ncc(C(=O)N(C)Cc3ccon3)c2-c2cccs2)nc1-c1ccc(F)cc1. The van der Waals surface area contributed by atoms with Gasteiger partial charge in [0, 0.05) is 24.9 Å². The highest BCUT2D eigenvalue weighted by molar-refractivity contribution is 7.13. The minimum Gasteiger partial charge on any atom is -0.364 e. The summed E-state index contributed by atoms with van der Waals surface area (Å²) in [5.74, 6) is -0.226. The molecule has 0 fully saturated rings. The number of aromatic nitrogens is 5. The fourth-order valence-corrected chi connectivity index (χ4v) is 4.35. The van der Waals surface area contributed by atoms with Crippen LogP contribution in [0.15, 0.2) is 71.0 Å². The van der Waals surface area contributed by atoms with E-state index in [2.05, 4.69) is 15.2 Å². The second-order valence-electron chi connectivity index (χ2n) is 7.66. The number of amides is 1. The van der Waals surface area contributed by atoms with Gasteiger partial charge in [-0.3, -0.25) is 4.79 Å². The Bertz CT molecular complexity index is 1430. The summed E-state index contributed by atoms with van der Waals surface area (Å²) in [6, 6.07) is 11.7. The van der Waals surface area contributed by atoms with Crippen LogP contribution in [0.25, 0.3) is 27.8 Å². The second-order valence-corrected chi connectivity index (χ2v) is 8.60. The van der Waals surface area contributed by atoms with Gasteiger partial charge in [-0.25, -0.2) is 14.4 Å². The van der Waals surface area contributed by atoms with Crippen LogP contribution >= 0.6 is 11.3 Å². The van der Waals surface area contributed by atoms with E-state index in [-0.39, 0.29) is 11.7 Å². The molecule has 0 radical (unpaired) electrons. The minimum absolute atomic E-state index is 0.219. The molecule has 0 aliphatic carbocycles. The Morgan fingerprint density at radius 1 is 1.18 bits per heavy atom. The molecule has 170 valence electrons. The van der Waals surface area contributed by atoms with E-state index in [1.54, 1.807) is 41.0 Å². The molecular weight excluding hydrogens is 455 g/mol. The van der Waals surface area contributed by atoms with Crippen LogP contribution in [-0.4, -0.2) is 42.8 Å². The van der Waals surface area contributed by atoms with Gasteiger partial charge in [0.15, 0.2) is 0 Å². The van der Waals surface area contributed by atoms with Gasteiger partial charge in [0.1, 0.15) is 23.5 Å². The highest BCUT2D eigenvalue weighted by atomic mass is 32.1. The molecule has 0 saturated heterocycles. The Morgan fingerprint density at radius 2 is 2.00 bits per heavy atom. The molecule has 1 amide bonds. The van der Waals surface area contributed by atoms with E-state index in [9.17, 15) is 9.18 Å². The number of thiophene rings is 1. The zero-order valence-electron chi connectivity index (χ0n) is 18.3. The van der Waals surface area contributed by atoms with Gasteiger partial charge >= 0.3 is 0 Å². The number of rotatable bonds is 6. The number of carbonyl (C=O) groups is 1. The number of halogens is 1. The number of aryl methyl sites for hydroxylation is 1. The molecule has 0 bridgehead atoms. The van der Waals surface area contributed by atoms with Crippen LogP contribution in [0.3, 0.4) is 0 Å². The predicted octanol–water partition coefficient (Wildman–Crippen LogP) is 4.77. The number of benzene rings is 1. The van der Waals surface area contributed by atoms with Crippen molar-refractivity contribution in [2.75, 3.05) is 7.05 Å². The monoisotopic (exact) mass is 474 g/mol. The molecule has 4 aromatic heterocycles. The quantitative estimate of drug-likeness (QED) is 0.352. The van der Waals surface area contributed by atoms with E-state index >= 15 is 0 Å². The first-order valence-corrected chi connectivity index (χ1v) is 11.3. The van der Waals surface area contributed by atoms with Crippen molar-refractivity contribution in [3.05, 3.63) is 89.1 Å². The average molecular weight is 475 g/mol. The molecule has 0 N–H and O–H groups in total. The first-order chi connectivity index (χ1) is 16.5. The van der Waals surface area contributed by atoms with Crippen molar-refractivity contribution in [1.82, 2.24) is 29.8 Å². The average Bonchev–Trinajstić information content (AvgIpc) is 3.61. The Kier molecular flexibility index (Phi) is 5.72. The third-order valence-electron chi connectivity index (χ3n) is 5.26. The van der Waals surface area contributed by atoms with E-state index in [1.165, 1.54) is 35.9 Å². The van der Waals surface area contributed by atoms with Gasteiger partial charge in [0.05, 0.1) is 28.9 Å². The van der Waals surface area contributed by atoms with Gasteiger partial charge in [-0.2, -0.15) is 9.78 Å². The normalized spacial score (nSPS) is 11.0. The van der Waals surface area contributed by atoms with E-state index in [0.29, 0.717) is 35.1 Å². The minimum atomic E-state index is -0.319. The molecule has 5 aromatic rings. The number of hydrogen-bond acceptors (Lipinski definition) is 7. The van der Waals surface area contributed by atoms with Crippen molar-refractivity contribution in [2.24, 2.45) is 0 Å². The van der Waals surface area contributed by atoms with Crippen LogP contribution < -0.4 is 0 Å². The smallest absolute Gasteiger partial charge is 0.257 e. The molecule has 34 heavy (non-hydrogen) atoms. The van der Waals surface area contributed by atoms with Crippen molar-refractivity contribution < 1.29 is 13.7 Å². The lowest BCUT2D eigenvalue weighted by Gasteiger charge is -2.16. The molecule has 0 unspecified atom stereocenters. The topological polar surface area (TPSA) is 89.9 Å². The Morgan fingerprint density at radius 3 is 2.71 bits per heavy atom. The Balaban J connectivity index is 1.58. The molecule has 0 aliphatic heterocycles. The van der Waals surface area contributed by atoms with E-state index < -0.39 is 0 Å². The Hall–Kier alpha value is -4.18. The van der Waals surface area contributed by atoms with Gasteiger partial charge in [-0.1, -0.05) is 11.2 Å². The summed E-state index contributed by atoms with van der Waals surface area (Å²) in [7, 11) is 1.70. The number of carbonyl (C=O) groups excluding carboxylic acids is 1. The van der Waals surface area contributed by atoms with Crippen molar-refractivity contribution in [1.29, 1.82) is 0 Å². The molecule has 0 saturated carbocycles. The van der Waals surface area contributed by atoms with Crippen LogP contribution in [0.1, 0.15) is 21.6 Å². The highest BCUT2D eigenvalue weighted by Gasteiger charge is 2.25. The van der Waals surface area contributed by atoms with Crippen molar-refractivity contribution in [3.8, 4) is 27.8 Å². The molecule has 0 atom stereocenters. The zero-order chi connectivity index (χ0) is 23.7. The predicted molar refractivity (Wildman–Crippen MR) is 125 cm³/mol. The summed E-state index contributed by atoms with van der Waals surface area (Å²) in [5, 5.41) is 10.3. The van der Waals surface area contributed by atoms with Gasteiger partial charge in [-0.05, 0) is 48.2 Å². The summed E-state index contributed by atoms with van der Waals surface area (Å²) in [4.78, 5) is 24.9. The second kappa shape index (κ2) is 8.99. The summed E-state index contributed by atoms with van der Waals surface area (Å²) in [5.41, 5.74) is 3.92. The first kappa shape index (κ1) is 21.7. The van der Waals surface area contributed by atoms with Gasteiger partial charge in [0.2, 0.25) is 0 Å². The third-order valence-corrected chi connectivity index (χ3v) is 6.13. The van der Waals surface area contributed by atoms with Crippen LogP contribution in [0.4, 0.5) is 4.39 Å². The molecular formula is C24H19FN6O2S. The molecule has 4 heterocycles. The largest absolute Gasteiger partial charge is 0.364 e. The summed E-state index contributed by atoms with van der Waals surface area (Å²) in [6.45, 7) is 2.18.